The van der Waals surface area contributed by atoms with E-state index in [1.165, 1.54) is 21.2 Å². The van der Waals surface area contributed by atoms with Gasteiger partial charge in [-0.15, -0.1) is 5.10 Å². The van der Waals surface area contributed by atoms with Gasteiger partial charge in [0.05, 0.1) is 19.2 Å². The van der Waals surface area contributed by atoms with Crippen molar-refractivity contribution in [2.45, 2.75) is 6.54 Å². The lowest BCUT2D eigenvalue weighted by Crippen LogP contribution is -2.30. The summed E-state index contributed by atoms with van der Waals surface area (Å²) in [6.07, 6.45) is 0. The number of hydrogen-bond donors (Lipinski definition) is 0. The fraction of sp³-hybridized carbons (Fsp3) is 0.0833. The van der Waals surface area contributed by atoms with E-state index in [0.717, 1.165) is 0 Å². The smallest absolute Gasteiger partial charge is 0.351 e. The van der Waals surface area contributed by atoms with Crippen LogP contribution < -0.4 is 10.4 Å². The summed E-state index contributed by atoms with van der Waals surface area (Å²) >= 11 is 0. The quantitative estimate of drug-likeness (QED) is 0.399. The molecule has 8 heteroatoms. The first kappa shape index (κ1) is 19.6. The van der Waals surface area contributed by atoms with E-state index < -0.39 is 5.69 Å². The Hall–Kier alpha value is -4.33. The van der Waals surface area contributed by atoms with E-state index in [2.05, 4.69) is 10.1 Å². The summed E-state index contributed by atoms with van der Waals surface area (Å²) in [6, 6.07) is 19.7. The van der Waals surface area contributed by atoms with Gasteiger partial charge in [0.2, 0.25) is 0 Å². The second kappa shape index (κ2) is 7.73. The van der Waals surface area contributed by atoms with E-state index >= 15 is 0 Å². The van der Waals surface area contributed by atoms with Crippen molar-refractivity contribution in [1.82, 2.24) is 19.2 Å². The third-order valence-electron chi connectivity index (χ3n) is 5.27. The summed E-state index contributed by atoms with van der Waals surface area (Å²) < 4.78 is 21.0. The van der Waals surface area contributed by atoms with Crippen LogP contribution in [0.3, 0.4) is 0 Å². The Morgan fingerprint density at radius 1 is 1.00 bits per heavy atom. The molecule has 0 unspecified atom stereocenters. The number of fused-ring (bicyclic) bond motifs is 3. The van der Waals surface area contributed by atoms with Gasteiger partial charge in [-0.1, -0.05) is 12.1 Å². The Labute approximate surface area is 181 Å². The lowest BCUT2D eigenvalue weighted by Gasteiger charge is -2.10. The molecule has 0 aliphatic heterocycles. The third kappa shape index (κ3) is 3.31. The van der Waals surface area contributed by atoms with Gasteiger partial charge >= 0.3 is 5.69 Å². The number of hydrogen-bond acceptors (Lipinski definition) is 5. The van der Waals surface area contributed by atoms with E-state index in [1.54, 1.807) is 55.6 Å². The minimum absolute atomic E-state index is 0.159. The SMILES string of the molecule is COc1ccc(C(=O)Cn2c(=O)n3nc(-c4ccc(F)cc4)nc3c3ccccc32)cc1. The molecule has 2 aromatic heterocycles. The van der Waals surface area contributed by atoms with Crippen LogP contribution in [-0.4, -0.2) is 32.1 Å². The molecular formula is C24H17FN4O3. The minimum atomic E-state index is -0.485. The predicted molar refractivity (Wildman–Crippen MR) is 117 cm³/mol. The molecule has 5 aromatic rings. The van der Waals surface area contributed by atoms with Crippen LogP contribution in [0.1, 0.15) is 10.4 Å². The van der Waals surface area contributed by atoms with Crippen LogP contribution in [0.5, 0.6) is 5.75 Å². The van der Waals surface area contributed by atoms with Gasteiger partial charge in [-0.05, 0) is 60.7 Å². The molecule has 0 fully saturated rings. The average molecular weight is 428 g/mol. The van der Waals surface area contributed by atoms with E-state index in [1.807, 2.05) is 12.1 Å². The van der Waals surface area contributed by atoms with Crippen LogP contribution >= 0.6 is 0 Å². The van der Waals surface area contributed by atoms with E-state index in [-0.39, 0.29) is 18.1 Å². The van der Waals surface area contributed by atoms with Crippen LogP contribution in [0.25, 0.3) is 27.9 Å². The standard InChI is InChI=1S/C24H17FN4O3/c1-32-18-12-8-15(9-13-18)21(30)14-28-20-5-3-2-4-19(20)23-26-22(27-29(23)24(28)31)16-6-10-17(25)11-7-16/h2-13H,14H2,1H3. The van der Waals surface area contributed by atoms with Crippen LogP contribution in [0.15, 0.2) is 77.6 Å². The summed E-state index contributed by atoms with van der Waals surface area (Å²) in [4.78, 5) is 30.7. The second-order valence-electron chi connectivity index (χ2n) is 7.22. The topological polar surface area (TPSA) is 78.5 Å². The molecule has 0 spiro atoms. The van der Waals surface area contributed by atoms with Crippen molar-refractivity contribution in [3.63, 3.8) is 0 Å². The highest BCUT2D eigenvalue weighted by molar-refractivity contribution is 5.98. The highest BCUT2D eigenvalue weighted by Gasteiger charge is 2.18. The molecule has 3 aromatic carbocycles. The lowest BCUT2D eigenvalue weighted by molar-refractivity contribution is 0.0971. The maximum atomic E-state index is 13.3. The largest absolute Gasteiger partial charge is 0.497 e. The molecule has 0 radical (unpaired) electrons. The molecule has 32 heavy (non-hydrogen) atoms. The van der Waals surface area contributed by atoms with Gasteiger partial charge in [0, 0.05) is 16.5 Å². The van der Waals surface area contributed by atoms with Gasteiger partial charge in [-0.2, -0.15) is 4.52 Å². The summed E-state index contributed by atoms with van der Waals surface area (Å²) in [5.41, 5.74) is 1.51. The van der Waals surface area contributed by atoms with Gasteiger partial charge in [-0.3, -0.25) is 9.36 Å². The average Bonchev–Trinajstić information content (AvgIpc) is 3.28. The highest BCUT2D eigenvalue weighted by atomic mass is 19.1. The summed E-state index contributed by atoms with van der Waals surface area (Å²) in [6.45, 7) is -0.159. The number of benzene rings is 3. The van der Waals surface area contributed by atoms with Crippen molar-refractivity contribution < 1.29 is 13.9 Å². The van der Waals surface area contributed by atoms with Crippen molar-refractivity contribution in [1.29, 1.82) is 0 Å². The van der Waals surface area contributed by atoms with Crippen LogP contribution in [0.4, 0.5) is 4.39 Å². The minimum Gasteiger partial charge on any atom is -0.497 e. The van der Waals surface area contributed by atoms with Gasteiger partial charge in [0.25, 0.3) is 0 Å². The van der Waals surface area contributed by atoms with Crippen molar-refractivity contribution in [2.75, 3.05) is 7.11 Å². The third-order valence-corrected chi connectivity index (χ3v) is 5.27. The zero-order valence-electron chi connectivity index (χ0n) is 17.0. The molecule has 0 saturated carbocycles. The normalized spacial score (nSPS) is 11.2. The second-order valence-corrected chi connectivity index (χ2v) is 7.22. The molecule has 2 heterocycles. The molecule has 0 bridgehead atoms. The zero-order valence-corrected chi connectivity index (χ0v) is 17.0. The Morgan fingerprint density at radius 2 is 1.72 bits per heavy atom. The van der Waals surface area contributed by atoms with Crippen LogP contribution in [0, 0.1) is 5.82 Å². The Morgan fingerprint density at radius 3 is 2.44 bits per heavy atom. The maximum absolute atomic E-state index is 13.3. The number of methoxy groups -OCH3 is 1. The van der Waals surface area contributed by atoms with Crippen molar-refractivity contribution in [3.05, 3.63) is 94.7 Å². The van der Waals surface area contributed by atoms with Gasteiger partial charge in [0.15, 0.2) is 17.3 Å². The van der Waals surface area contributed by atoms with Gasteiger partial charge in [-0.25, -0.2) is 14.2 Å². The number of halogens is 1. The first-order valence-corrected chi connectivity index (χ1v) is 9.86. The van der Waals surface area contributed by atoms with E-state index in [4.69, 9.17) is 4.74 Å². The highest BCUT2D eigenvalue weighted by Crippen LogP contribution is 2.22. The summed E-state index contributed by atoms with van der Waals surface area (Å²) in [7, 11) is 1.55. The van der Waals surface area contributed by atoms with Crippen molar-refractivity contribution in [3.8, 4) is 17.1 Å². The lowest BCUT2D eigenvalue weighted by atomic mass is 10.1. The van der Waals surface area contributed by atoms with Crippen molar-refractivity contribution >= 4 is 22.3 Å². The summed E-state index contributed by atoms with van der Waals surface area (Å²) in [5, 5.41) is 5.02. The van der Waals surface area contributed by atoms with Crippen molar-refractivity contribution in [2.24, 2.45) is 0 Å². The van der Waals surface area contributed by atoms with Gasteiger partial charge < -0.3 is 4.74 Å². The van der Waals surface area contributed by atoms with Crippen LogP contribution in [-0.2, 0) is 6.54 Å². The molecule has 0 atom stereocenters. The Bertz CT molecular complexity index is 1520. The monoisotopic (exact) mass is 428 g/mol. The molecular weight excluding hydrogens is 411 g/mol. The summed E-state index contributed by atoms with van der Waals surface area (Å²) in [5.74, 6) is 0.341. The number of aromatic nitrogens is 4. The number of rotatable bonds is 5. The number of carbonyl (C=O) groups excluding carboxylic acids is 1. The molecule has 0 amide bonds. The van der Waals surface area contributed by atoms with E-state index in [9.17, 15) is 14.0 Å². The molecule has 7 nitrogen and oxygen atoms in total. The number of para-hydroxylation sites is 1. The molecule has 0 saturated heterocycles. The first-order valence-electron chi connectivity index (χ1n) is 9.86. The van der Waals surface area contributed by atoms with Crippen LogP contribution in [0.2, 0.25) is 0 Å². The molecule has 158 valence electrons. The Balaban J connectivity index is 1.64. The zero-order chi connectivity index (χ0) is 22.2. The Kier molecular flexibility index (Phi) is 4.74. The maximum Gasteiger partial charge on any atom is 0.351 e. The molecule has 0 aliphatic carbocycles. The molecule has 5 rings (SSSR count). The molecule has 0 aliphatic rings. The fourth-order valence-electron chi connectivity index (χ4n) is 3.62. The van der Waals surface area contributed by atoms with E-state index in [0.29, 0.717) is 39.3 Å². The number of ketones is 1. The fourth-order valence-corrected chi connectivity index (χ4v) is 3.62. The number of carbonyl (C=O) groups is 1. The molecule has 0 N–H and O–H groups in total. The number of nitrogens with zero attached hydrogens (tertiary/aromatic N) is 4. The van der Waals surface area contributed by atoms with Gasteiger partial charge in [0.1, 0.15) is 11.6 Å². The number of Topliss-reactive ketones (excluding diaryl/α,β-unsaturated/α-hetero) is 1. The number of ether oxygens (including phenoxy) is 1. The first-order chi connectivity index (χ1) is 15.5. The predicted octanol–water partition coefficient (Wildman–Crippen LogP) is 3.74.